The summed E-state index contributed by atoms with van der Waals surface area (Å²) in [5.74, 6) is -0.172. The van der Waals surface area contributed by atoms with Crippen LogP contribution in [0.1, 0.15) is 27.7 Å². The van der Waals surface area contributed by atoms with Crippen LogP contribution < -0.4 is 5.73 Å². The van der Waals surface area contributed by atoms with E-state index in [1.54, 1.807) is 34.7 Å². The summed E-state index contributed by atoms with van der Waals surface area (Å²) >= 11 is 0. The smallest absolute Gasteiger partial charge is 0.241 e. The van der Waals surface area contributed by atoms with Gasteiger partial charge in [0, 0.05) is 13.6 Å². The lowest BCUT2D eigenvalue weighted by molar-refractivity contribution is -0.137. The van der Waals surface area contributed by atoms with Crippen LogP contribution in [0.4, 0.5) is 0 Å². The van der Waals surface area contributed by atoms with Gasteiger partial charge in [-0.25, -0.2) is 0 Å². The maximum atomic E-state index is 11.5. The molecule has 3 N–H and O–H groups in total. The van der Waals surface area contributed by atoms with Crippen molar-refractivity contribution in [2.75, 3.05) is 13.6 Å². The van der Waals surface area contributed by atoms with E-state index in [1.165, 1.54) is 4.90 Å². The number of nitrogens with zero attached hydrogens (tertiary/aromatic N) is 1. The second-order valence-corrected chi connectivity index (χ2v) is 4.70. The van der Waals surface area contributed by atoms with Crippen LogP contribution >= 0.6 is 0 Å². The molecule has 0 aliphatic heterocycles. The Bertz CT molecular complexity index is 189. The van der Waals surface area contributed by atoms with Crippen LogP contribution in [0.2, 0.25) is 0 Å². The van der Waals surface area contributed by atoms with Gasteiger partial charge in [0.2, 0.25) is 5.91 Å². The van der Waals surface area contributed by atoms with E-state index in [1.807, 2.05) is 0 Å². The number of amides is 1. The fourth-order valence-electron chi connectivity index (χ4n) is 1.14. The van der Waals surface area contributed by atoms with Crippen molar-refractivity contribution in [1.82, 2.24) is 4.90 Å². The van der Waals surface area contributed by atoms with Crippen LogP contribution in [0.25, 0.3) is 0 Å². The lowest BCUT2D eigenvalue weighted by atomic mass is 10.0. The number of hydrogen-bond donors (Lipinski definition) is 2. The molecule has 0 aromatic heterocycles. The molecule has 78 valence electrons. The fraction of sp³-hybridized carbons (Fsp3) is 0.889. The molecule has 0 heterocycles. The number of nitrogens with two attached hydrogens (primary N) is 1. The minimum Gasteiger partial charge on any atom is -0.389 e. The Morgan fingerprint density at radius 1 is 1.38 bits per heavy atom. The third-order valence-electron chi connectivity index (χ3n) is 1.52. The van der Waals surface area contributed by atoms with Crippen LogP contribution in [0.3, 0.4) is 0 Å². The lowest BCUT2D eigenvalue weighted by Crippen LogP contribution is -2.52. The van der Waals surface area contributed by atoms with E-state index < -0.39 is 11.1 Å². The highest BCUT2D eigenvalue weighted by atomic mass is 16.3. The van der Waals surface area contributed by atoms with Gasteiger partial charge < -0.3 is 15.7 Å². The average molecular weight is 188 g/mol. The van der Waals surface area contributed by atoms with Crippen molar-refractivity contribution in [2.45, 2.75) is 38.8 Å². The summed E-state index contributed by atoms with van der Waals surface area (Å²) in [6, 6.07) is 0. The third-order valence-corrected chi connectivity index (χ3v) is 1.52. The van der Waals surface area contributed by atoms with Gasteiger partial charge in [0.15, 0.2) is 0 Å². The first-order chi connectivity index (χ1) is 5.54. The van der Waals surface area contributed by atoms with E-state index in [0.717, 1.165) is 0 Å². The summed E-state index contributed by atoms with van der Waals surface area (Å²) in [7, 11) is 1.63. The molecule has 0 radical (unpaired) electrons. The van der Waals surface area contributed by atoms with Gasteiger partial charge in [-0.1, -0.05) is 0 Å². The molecular formula is C9H20N2O2. The number of rotatable bonds is 3. The van der Waals surface area contributed by atoms with Crippen molar-refractivity contribution in [1.29, 1.82) is 0 Å². The molecule has 0 aromatic rings. The Balaban J connectivity index is 4.30. The van der Waals surface area contributed by atoms with Crippen LogP contribution in [0.15, 0.2) is 0 Å². The van der Waals surface area contributed by atoms with Gasteiger partial charge in [-0.15, -0.1) is 0 Å². The highest BCUT2D eigenvalue weighted by Gasteiger charge is 2.28. The number of carbonyl (C=O) groups is 1. The Labute approximate surface area is 79.7 Å². The predicted octanol–water partition coefficient (Wildman–Crippen LogP) is -0.0470. The Morgan fingerprint density at radius 2 is 1.77 bits per heavy atom. The predicted molar refractivity (Wildman–Crippen MR) is 52.2 cm³/mol. The molecule has 0 aliphatic rings. The highest BCUT2D eigenvalue weighted by molar-refractivity contribution is 5.85. The molecule has 0 rings (SSSR count). The van der Waals surface area contributed by atoms with E-state index in [-0.39, 0.29) is 12.5 Å². The van der Waals surface area contributed by atoms with E-state index in [9.17, 15) is 9.90 Å². The fourth-order valence-corrected chi connectivity index (χ4v) is 1.14. The van der Waals surface area contributed by atoms with Crippen LogP contribution in [-0.2, 0) is 4.79 Å². The maximum Gasteiger partial charge on any atom is 0.241 e. The number of carbonyl (C=O) groups excluding carboxylic acids is 1. The monoisotopic (exact) mass is 188 g/mol. The lowest BCUT2D eigenvalue weighted by Gasteiger charge is -2.30. The van der Waals surface area contributed by atoms with Crippen molar-refractivity contribution < 1.29 is 9.90 Å². The van der Waals surface area contributed by atoms with Gasteiger partial charge in [-0.05, 0) is 27.7 Å². The van der Waals surface area contributed by atoms with E-state index in [0.29, 0.717) is 0 Å². The van der Waals surface area contributed by atoms with Crippen molar-refractivity contribution in [3.8, 4) is 0 Å². The minimum atomic E-state index is -0.879. The quantitative estimate of drug-likeness (QED) is 0.652. The number of aliphatic hydroxyl groups is 1. The molecular weight excluding hydrogens is 168 g/mol. The summed E-state index contributed by atoms with van der Waals surface area (Å²) in [5, 5.41) is 9.47. The third kappa shape index (κ3) is 4.85. The second-order valence-electron chi connectivity index (χ2n) is 4.70. The van der Waals surface area contributed by atoms with Crippen LogP contribution in [-0.4, -0.2) is 40.6 Å². The molecule has 13 heavy (non-hydrogen) atoms. The van der Waals surface area contributed by atoms with Gasteiger partial charge >= 0.3 is 0 Å². The molecule has 4 nitrogen and oxygen atoms in total. The van der Waals surface area contributed by atoms with E-state index in [2.05, 4.69) is 0 Å². The van der Waals surface area contributed by atoms with Crippen molar-refractivity contribution >= 4 is 5.91 Å². The number of likely N-dealkylation sites (N-methyl/N-ethyl adjacent to an activating group) is 1. The molecule has 0 fully saturated rings. The normalized spacial score (nSPS) is 12.8. The molecule has 4 heteroatoms. The minimum absolute atomic E-state index is 0.172. The van der Waals surface area contributed by atoms with Gasteiger partial charge in [0.05, 0.1) is 11.1 Å². The molecule has 0 spiro atoms. The van der Waals surface area contributed by atoms with Gasteiger partial charge in [0.25, 0.3) is 0 Å². The van der Waals surface area contributed by atoms with Crippen molar-refractivity contribution in [2.24, 2.45) is 5.73 Å². The molecule has 0 saturated heterocycles. The SMILES string of the molecule is CN(CC(C)(C)O)C(=O)C(C)(C)N. The first kappa shape index (κ1) is 12.4. The summed E-state index contributed by atoms with van der Waals surface area (Å²) in [6.07, 6.45) is 0. The zero-order valence-corrected chi connectivity index (χ0v) is 9.09. The second kappa shape index (κ2) is 3.64. The Hall–Kier alpha value is -0.610. The Morgan fingerprint density at radius 3 is 2.00 bits per heavy atom. The first-order valence-electron chi connectivity index (χ1n) is 4.31. The van der Waals surface area contributed by atoms with Crippen molar-refractivity contribution in [3.63, 3.8) is 0 Å². The maximum absolute atomic E-state index is 11.5. The van der Waals surface area contributed by atoms with Crippen molar-refractivity contribution in [3.05, 3.63) is 0 Å². The van der Waals surface area contributed by atoms with Crippen LogP contribution in [0, 0.1) is 0 Å². The first-order valence-corrected chi connectivity index (χ1v) is 4.31. The molecule has 0 aromatic carbocycles. The zero-order valence-electron chi connectivity index (χ0n) is 9.09. The van der Waals surface area contributed by atoms with E-state index in [4.69, 9.17) is 5.73 Å². The standard InChI is InChI=1S/C9H20N2O2/c1-8(2,13)6-11(5)7(12)9(3,4)10/h13H,6,10H2,1-5H3. The van der Waals surface area contributed by atoms with Gasteiger partial charge in [0.1, 0.15) is 0 Å². The van der Waals surface area contributed by atoms with Gasteiger partial charge in [-0.3, -0.25) is 4.79 Å². The summed E-state index contributed by atoms with van der Waals surface area (Å²) < 4.78 is 0. The number of hydrogen-bond acceptors (Lipinski definition) is 3. The topological polar surface area (TPSA) is 66.6 Å². The molecule has 0 atom stereocenters. The Kier molecular flexibility index (Phi) is 3.47. The molecule has 0 saturated carbocycles. The van der Waals surface area contributed by atoms with E-state index >= 15 is 0 Å². The summed E-state index contributed by atoms with van der Waals surface area (Å²) in [5.41, 5.74) is 3.87. The molecule has 0 bridgehead atoms. The summed E-state index contributed by atoms with van der Waals surface area (Å²) in [4.78, 5) is 13.0. The van der Waals surface area contributed by atoms with Crippen LogP contribution in [0.5, 0.6) is 0 Å². The average Bonchev–Trinajstić information content (AvgIpc) is 1.79. The highest BCUT2D eigenvalue weighted by Crippen LogP contribution is 2.08. The molecule has 0 aliphatic carbocycles. The molecule has 1 amide bonds. The largest absolute Gasteiger partial charge is 0.389 e. The summed E-state index contributed by atoms with van der Waals surface area (Å²) in [6.45, 7) is 6.89. The molecule has 0 unspecified atom stereocenters. The zero-order chi connectivity index (χ0) is 10.9. The van der Waals surface area contributed by atoms with Gasteiger partial charge in [-0.2, -0.15) is 0 Å².